The van der Waals surface area contributed by atoms with E-state index in [0.717, 1.165) is 48.0 Å². The molecule has 1 saturated heterocycles. The molecule has 3 heterocycles. The lowest BCUT2D eigenvalue weighted by molar-refractivity contribution is 0.231. The Morgan fingerprint density at radius 1 is 1.18 bits per heavy atom. The SMILES string of the molecule is CC(C)Oc1cc2c(cc1F)CN=C2c1cc(N2CCN(C)[C@@H](C)C2)ncn1. The average molecular weight is 383 g/mol. The lowest BCUT2D eigenvalue weighted by Gasteiger charge is -2.38. The fourth-order valence-corrected chi connectivity index (χ4v) is 3.66. The van der Waals surface area contributed by atoms with Gasteiger partial charge in [-0.2, -0.15) is 0 Å². The smallest absolute Gasteiger partial charge is 0.165 e. The van der Waals surface area contributed by atoms with E-state index in [4.69, 9.17) is 4.74 Å². The summed E-state index contributed by atoms with van der Waals surface area (Å²) in [6, 6.07) is 5.72. The van der Waals surface area contributed by atoms with E-state index in [1.165, 1.54) is 6.07 Å². The lowest BCUT2D eigenvalue weighted by Crippen LogP contribution is -2.50. The first-order chi connectivity index (χ1) is 13.4. The molecule has 1 aromatic carbocycles. The van der Waals surface area contributed by atoms with Crippen molar-refractivity contribution in [3.05, 3.63) is 47.2 Å². The van der Waals surface area contributed by atoms with Gasteiger partial charge in [-0.1, -0.05) is 0 Å². The zero-order chi connectivity index (χ0) is 19.8. The summed E-state index contributed by atoms with van der Waals surface area (Å²) in [5.74, 6) is 0.811. The fourth-order valence-electron chi connectivity index (χ4n) is 3.66. The monoisotopic (exact) mass is 383 g/mol. The molecule has 0 N–H and O–H groups in total. The van der Waals surface area contributed by atoms with Gasteiger partial charge in [-0.15, -0.1) is 0 Å². The van der Waals surface area contributed by atoms with Crippen LogP contribution in [0.4, 0.5) is 10.2 Å². The Kier molecular flexibility index (Phi) is 5.02. The van der Waals surface area contributed by atoms with E-state index in [0.29, 0.717) is 12.6 Å². The van der Waals surface area contributed by atoms with Gasteiger partial charge in [0.2, 0.25) is 0 Å². The van der Waals surface area contributed by atoms with Gasteiger partial charge in [-0.25, -0.2) is 14.4 Å². The molecular formula is C21H26FN5O. The quantitative estimate of drug-likeness (QED) is 0.813. The van der Waals surface area contributed by atoms with Crippen LogP contribution in [0.15, 0.2) is 29.5 Å². The highest BCUT2D eigenvalue weighted by atomic mass is 19.1. The molecule has 0 amide bonds. The van der Waals surface area contributed by atoms with Crippen molar-refractivity contribution in [1.29, 1.82) is 0 Å². The Balaban J connectivity index is 1.64. The second-order valence-electron chi connectivity index (χ2n) is 7.81. The van der Waals surface area contributed by atoms with Crippen LogP contribution in [-0.2, 0) is 6.54 Å². The molecule has 0 saturated carbocycles. The molecule has 2 aliphatic heterocycles. The average Bonchev–Trinajstić information content (AvgIpc) is 3.06. The highest BCUT2D eigenvalue weighted by Crippen LogP contribution is 2.30. The Morgan fingerprint density at radius 2 is 2.00 bits per heavy atom. The number of anilines is 1. The summed E-state index contributed by atoms with van der Waals surface area (Å²) in [7, 11) is 2.15. The largest absolute Gasteiger partial charge is 0.488 e. The molecule has 1 aromatic heterocycles. The number of piperazine rings is 1. The van der Waals surface area contributed by atoms with Crippen LogP contribution in [0.1, 0.15) is 37.6 Å². The first kappa shape index (κ1) is 18.8. The molecule has 28 heavy (non-hydrogen) atoms. The van der Waals surface area contributed by atoms with E-state index in [-0.39, 0.29) is 17.7 Å². The number of aliphatic imine (C=N–C) groups is 1. The minimum Gasteiger partial charge on any atom is -0.488 e. The third kappa shape index (κ3) is 3.58. The predicted molar refractivity (Wildman–Crippen MR) is 108 cm³/mol. The highest BCUT2D eigenvalue weighted by Gasteiger charge is 2.25. The van der Waals surface area contributed by atoms with Crippen molar-refractivity contribution in [3.63, 3.8) is 0 Å². The number of hydrogen-bond acceptors (Lipinski definition) is 6. The molecule has 0 aliphatic carbocycles. The Labute approximate surface area is 165 Å². The van der Waals surface area contributed by atoms with Crippen LogP contribution >= 0.6 is 0 Å². The number of ether oxygens (including phenoxy) is 1. The van der Waals surface area contributed by atoms with Gasteiger partial charge in [0.15, 0.2) is 11.6 Å². The third-order valence-electron chi connectivity index (χ3n) is 5.36. The summed E-state index contributed by atoms with van der Waals surface area (Å²) in [6.45, 7) is 9.29. The lowest BCUT2D eigenvalue weighted by atomic mass is 10.0. The maximum Gasteiger partial charge on any atom is 0.165 e. The maximum absolute atomic E-state index is 14.3. The van der Waals surface area contributed by atoms with E-state index in [2.05, 4.69) is 38.7 Å². The van der Waals surface area contributed by atoms with E-state index in [9.17, 15) is 4.39 Å². The molecule has 7 heteroatoms. The van der Waals surface area contributed by atoms with Gasteiger partial charge in [-0.3, -0.25) is 4.99 Å². The van der Waals surface area contributed by atoms with Crippen LogP contribution in [-0.4, -0.2) is 59.4 Å². The van der Waals surface area contributed by atoms with Crippen LogP contribution in [0.3, 0.4) is 0 Å². The topological polar surface area (TPSA) is 53.9 Å². The van der Waals surface area contributed by atoms with Gasteiger partial charge >= 0.3 is 0 Å². The van der Waals surface area contributed by atoms with Gasteiger partial charge in [0.25, 0.3) is 0 Å². The first-order valence-electron chi connectivity index (χ1n) is 9.74. The standard InChI is InChI=1S/C21H26FN5O/c1-13(2)28-19-8-16-15(7-17(19)22)10-23-21(16)18-9-20(25-12-24-18)27-6-5-26(4)14(3)11-27/h7-9,12-14H,5-6,10-11H2,1-4H3/t14-/m0/s1. The van der Waals surface area contributed by atoms with Gasteiger partial charge in [0.05, 0.1) is 24.1 Å². The fraction of sp³-hybridized carbons (Fsp3) is 0.476. The van der Waals surface area contributed by atoms with E-state index in [1.807, 2.05) is 19.9 Å². The van der Waals surface area contributed by atoms with Gasteiger partial charge < -0.3 is 14.5 Å². The molecule has 2 aromatic rings. The number of benzene rings is 1. The van der Waals surface area contributed by atoms with Crippen LogP contribution in [0.2, 0.25) is 0 Å². The van der Waals surface area contributed by atoms with Crippen molar-refractivity contribution in [3.8, 4) is 5.75 Å². The minimum atomic E-state index is -0.348. The number of rotatable bonds is 4. The van der Waals surface area contributed by atoms with Gasteiger partial charge in [0, 0.05) is 37.3 Å². The summed E-state index contributed by atoms with van der Waals surface area (Å²) in [6.07, 6.45) is 1.49. The van der Waals surface area contributed by atoms with Crippen molar-refractivity contribution in [2.75, 3.05) is 31.6 Å². The van der Waals surface area contributed by atoms with Crippen molar-refractivity contribution in [1.82, 2.24) is 14.9 Å². The van der Waals surface area contributed by atoms with Gasteiger partial charge in [0.1, 0.15) is 12.1 Å². The number of hydrogen-bond donors (Lipinski definition) is 0. The number of fused-ring (bicyclic) bond motifs is 1. The summed E-state index contributed by atoms with van der Waals surface area (Å²) < 4.78 is 19.9. The normalized spacial score (nSPS) is 19.7. The minimum absolute atomic E-state index is 0.0979. The summed E-state index contributed by atoms with van der Waals surface area (Å²) in [5.41, 5.74) is 3.28. The zero-order valence-electron chi connectivity index (χ0n) is 16.8. The van der Waals surface area contributed by atoms with Crippen molar-refractivity contribution >= 4 is 11.5 Å². The highest BCUT2D eigenvalue weighted by molar-refractivity contribution is 6.14. The Bertz CT molecular complexity index is 914. The van der Waals surface area contributed by atoms with E-state index >= 15 is 0 Å². The molecule has 2 aliphatic rings. The number of halogens is 1. The Hall–Kier alpha value is -2.54. The molecule has 0 spiro atoms. The molecular weight excluding hydrogens is 357 g/mol. The van der Waals surface area contributed by atoms with Crippen LogP contribution in [0, 0.1) is 5.82 Å². The van der Waals surface area contributed by atoms with E-state index in [1.54, 1.807) is 12.4 Å². The van der Waals surface area contributed by atoms with Crippen molar-refractivity contribution in [2.45, 2.75) is 39.5 Å². The van der Waals surface area contributed by atoms with Crippen LogP contribution in [0.5, 0.6) is 5.75 Å². The molecule has 0 bridgehead atoms. The number of likely N-dealkylation sites (N-methyl/N-ethyl adjacent to an activating group) is 1. The second-order valence-corrected chi connectivity index (χ2v) is 7.81. The predicted octanol–water partition coefficient (Wildman–Crippen LogP) is 2.89. The van der Waals surface area contributed by atoms with Crippen molar-refractivity contribution < 1.29 is 9.13 Å². The molecule has 0 unspecified atom stereocenters. The molecule has 148 valence electrons. The second kappa shape index (κ2) is 7.47. The maximum atomic E-state index is 14.3. The number of aromatic nitrogens is 2. The molecule has 6 nitrogen and oxygen atoms in total. The first-order valence-corrected chi connectivity index (χ1v) is 9.74. The number of nitrogens with zero attached hydrogens (tertiary/aromatic N) is 5. The zero-order valence-corrected chi connectivity index (χ0v) is 16.8. The summed E-state index contributed by atoms with van der Waals surface area (Å²) in [5, 5.41) is 0. The summed E-state index contributed by atoms with van der Waals surface area (Å²) >= 11 is 0. The Morgan fingerprint density at radius 3 is 2.75 bits per heavy atom. The molecule has 1 fully saturated rings. The van der Waals surface area contributed by atoms with Crippen LogP contribution < -0.4 is 9.64 Å². The van der Waals surface area contributed by atoms with Crippen molar-refractivity contribution in [2.24, 2.45) is 4.99 Å². The van der Waals surface area contributed by atoms with E-state index < -0.39 is 0 Å². The van der Waals surface area contributed by atoms with Gasteiger partial charge in [-0.05, 0) is 45.5 Å². The molecule has 0 radical (unpaired) electrons. The third-order valence-corrected chi connectivity index (χ3v) is 5.36. The van der Waals surface area contributed by atoms with Crippen LogP contribution in [0.25, 0.3) is 0 Å². The molecule has 4 rings (SSSR count). The molecule has 1 atom stereocenters. The summed E-state index contributed by atoms with van der Waals surface area (Å²) in [4.78, 5) is 18.2.